The van der Waals surface area contributed by atoms with Gasteiger partial charge in [-0.1, -0.05) is 22.0 Å². The minimum atomic E-state index is -0.502. The molecule has 1 heterocycles. The minimum absolute atomic E-state index is 0.282. The molecule has 0 spiro atoms. The summed E-state index contributed by atoms with van der Waals surface area (Å²) in [6.07, 6.45) is 0.513. The summed E-state index contributed by atoms with van der Waals surface area (Å²) in [7, 11) is 0. The Morgan fingerprint density at radius 2 is 2.22 bits per heavy atom. The monoisotopic (exact) mass is 329 g/mol. The maximum atomic E-state index is 12.9. The van der Waals surface area contributed by atoms with Gasteiger partial charge in [-0.05, 0) is 31.0 Å². The molecule has 0 saturated heterocycles. The Morgan fingerprint density at radius 3 is 2.83 bits per heavy atom. The zero-order valence-corrected chi connectivity index (χ0v) is 12.3. The maximum absolute atomic E-state index is 12.9. The first-order valence-corrected chi connectivity index (χ1v) is 7.25. The molecular formula is C13H13BrFNOS. The number of rotatable bonds is 4. The molecule has 1 aromatic carbocycles. The zero-order chi connectivity index (χ0) is 13.1. The van der Waals surface area contributed by atoms with Gasteiger partial charge < -0.3 is 5.11 Å². The van der Waals surface area contributed by atoms with Crippen LogP contribution in [0.5, 0.6) is 0 Å². The van der Waals surface area contributed by atoms with Gasteiger partial charge >= 0.3 is 0 Å². The van der Waals surface area contributed by atoms with Gasteiger partial charge in [0.1, 0.15) is 5.82 Å². The van der Waals surface area contributed by atoms with Gasteiger partial charge in [0.25, 0.3) is 0 Å². The number of hydrogen-bond acceptors (Lipinski definition) is 3. The van der Waals surface area contributed by atoms with E-state index in [-0.39, 0.29) is 5.82 Å². The molecule has 18 heavy (non-hydrogen) atoms. The highest BCUT2D eigenvalue weighted by Crippen LogP contribution is 2.21. The molecule has 0 amide bonds. The van der Waals surface area contributed by atoms with E-state index in [1.165, 1.54) is 12.1 Å². The summed E-state index contributed by atoms with van der Waals surface area (Å²) in [4.78, 5) is 4.32. The molecule has 5 heteroatoms. The smallest absolute Gasteiger partial charge is 0.124 e. The van der Waals surface area contributed by atoms with E-state index in [4.69, 9.17) is 0 Å². The molecule has 0 aliphatic carbocycles. The van der Waals surface area contributed by atoms with Gasteiger partial charge in [-0.2, -0.15) is 0 Å². The number of aryl methyl sites for hydroxylation is 1. The van der Waals surface area contributed by atoms with E-state index in [0.717, 1.165) is 16.3 Å². The molecule has 1 atom stereocenters. The molecule has 1 aromatic heterocycles. The Kier molecular flexibility index (Phi) is 4.48. The maximum Gasteiger partial charge on any atom is 0.124 e. The highest BCUT2D eigenvalue weighted by atomic mass is 79.9. The standard InChI is InChI=1S/C13H13BrFNOS/c1-8-7-18-13(16-8)6-11(17)4-9-2-3-10(15)5-12(9)14/h2-3,5,7,11,17H,4,6H2,1H3. The molecule has 2 rings (SSSR count). The Morgan fingerprint density at radius 1 is 1.44 bits per heavy atom. The van der Waals surface area contributed by atoms with Gasteiger partial charge in [-0.25, -0.2) is 9.37 Å². The van der Waals surface area contributed by atoms with Crippen molar-refractivity contribution in [1.29, 1.82) is 0 Å². The van der Waals surface area contributed by atoms with Gasteiger partial charge in [0, 0.05) is 22.0 Å². The Bertz CT molecular complexity index is 544. The van der Waals surface area contributed by atoms with E-state index < -0.39 is 6.10 Å². The first-order valence-electron chi connectivity index (χ1n) is 5.57. The third-order valence-electron chi connectivity index (χ3n) is 2.55. The number of hydrogen-bond donors (Lipinski definition) is 1. The molecule has 2 nitrogen and oxygen atoms in total. The summed E-state index contributed by atoms with van der Waals surface area (Å²) in [5.41, 5.74) is 1.88. The Balaban J connectivity index is 2.00. The second-order valence-electron chi connectivity index (χ2n) is 4.18. The molecule has 0 aliphatic rings. The topological polar surface area (TPSA) is 33.1 Å². The first kappa shape index (κ1) is 13.6. The van der Waals surface area contributed by atoms with Crippen molar-refractivity contribution in [1.82, 2.24) is 4.98 Å². The van der Waals surface area contributed by atoms with Crippen LogP contribution in [0.1, 0.15) is 16.3 Å². The molecule has 0 fully saturated rings. The SMILES string of the molecule is Cc1csc(CC(O)Cc2ccc(F)cc2Br)n1. The molecular weight excluding hydrogens is 317 g/mol. The van der Waals surface area contributed by atoms with Crippen LogP contribution in [-0.4, -0.2) is 16.2 Å². The van der Waals surface area contributed by atoms with Crippen LogP contribution in [0.15, 0.2) is 28.1 Å². The van der Waals surface area contributed by atoms with Gasteiger partial charge in [0.15, 0.2) is 0 Å². The second-order valence-corrected chi connectivity index (χ2v) is 5.98. The number of thiazole rings is 1. The molecule has 1 N–H and O–H groups in total. The molecule has 0 saturated carbocycles. The Hall–Kier alpha value is -0.780. The van der Waals surface area contributed by atoms with Gasteiger partial charge in [0.05, 0.1) is 11.1 Å². The van der Waals surface area contributed by atoms with Gasteiger partial charge in [-0.3, -0.25) is 0 Å². The molecule has 2 aromatic rings. The van der Waals surface area contributed by atoms with Crippen molar-refractivity contribution in [2.45, 2.75) is 25.9 Å². The predicted molar refractivity (Wildman–Crippen MR) is 74.4 cm³/mol. The number of aliphatic hydroxyl groups is 1. The van der Waals surface area contributed by atoms with E-state index in [0.29, 0.717) is 17.3 Å². The lowest BCUT2D eigenvalue weighted by Gasteiger charge is -2.10. The summed E-state index contributed by atoms with van der Waals surface area (Å²) < 4.78 is 13.6. The first-order chi connectivity index (χ1) is 8.54. The average molecular weight is 330 g/mol. The van der Waals surface area contributed by atoms with E-state index in [9.17, 15) is 9.50 Å². The molecule has 0 bridgehead atoms. The summed E-state index contributed by atoms with van der Waals surface area (Å²) in [5, 5.41) is 12.9. The van der Waals surface area contributed by atoms with Crippen LogP contribution in [0.25, 0.3) is 0 Å². The lowest BCUT2D eigenvalue weighted by molar-refractivity contribution is 0.175. The second kappa shape index (κ2) is 5.91. The lowest BCUT2D eigenvalue weighted by Crippen LogP contribution is -2.14. The predicted octanol–water partition coefficient (Wildman–Crippen LogP) is 3.50. The molecule has 96 valence electrons. The fourth-order valence-corrected chi connectivity index (χ4v) is 3.07. The zero-order valence-electron chi connectivity index (χ0n) is 9.86. The van der Waals surface area contributed by atoms with E-state index >= 15 is 0 Å². The normalized spacial score (nSPS) is 12.7. The highest BCUT2D eigenvalue weighted by molar-refractivity contribution is 9.10. The largest absolute Gasteiger partial charge is 0.392 e. The minimum Gasteiger partial charge on any atom is -0.392 e. The van der Waals surface area contributed by atoms with Gasteiger partial charge in [0.2, 0.25) is 0 Å². The van der Waals surface area contributed by atoms with Crippen molar-refractivity contribution in [2.24, 2.45) is 0 Å². The van der Waals surface area contributed by atoms with Crippen molar-refractivity contribution in [3.05, 3.63) is 50.1 Å². The van der Waals surface area contributed by atoms with Gasteiger partial charge in [-0.15, -0.1) is 11.3 Å². The summed E-state index contributed by atoms with van der Waals surface area (Å²) >= 11 is 4.85. The van der Waals surface area contributed by atoms with Crippen molar-refractivity contribution < 1.29 is 9.50 Å². The third kappa shape index (κ3) is 3.60. The van der Waals surface area contributed by atoms with Crippen molar-refractivity contribution in [2.75, 3.05) is 0 Å². The van der Waals surface area contributed by atoms with Crippen LogP contribution < -0.4 is 0 Å². The van der Waals surface area contributed by atoms with Crippen molar-refractivity contribution in [3.8, 4) is 0 Å². The van der Waals surface area contributed by atoms with Crippen LogP contribution in [0.3, 0.4) is 0 Å². The quantitative estimate of drug-likeness (QED) is 0.931. The van der Waals surface area contributed by atoms with Crippen LogP contribution in [-0.2, 0) is 12.8 Å². The molecule has 1 unspecified atom stereocenters. The fourth-order valence-electron chi connectivity index (χ4n) is 1.71. The van der Waals surface area contributed by atoms with Crippen LogP contribution in [0.2, 0.25) is 0 Å². The van der Waals surface area contributed by atoms with Crippen LogP contribution >= 0.6 is 27.3 Å². The third-order valence-corrected chi connectivity index (χ3v) is 4.27. The van der Waals surface area contributed by atoms with E-state index in [2.05, 4.69) is 20.9 Å². The lowest BCUT2D eigenvalue weighted by atomic mass is 10.1. The van der Waals surface area contributed by atoms with E-state index in [1.807, 2.05) is 12.3 Å². The Labute approximate surface area is 118 Å². The molecule has 0 radical (unpaired) electrons. The molecule has 0 aliphatic heterocycles. The number of aliphatic hydroxyl groups excluding tert-OH is 1. The summed E-state index contributed by atoms with van der Waals surface area (Å²) in [6, 6.07) is 4.51. The number of halogens is 2. The van der Waals surface area contributed by atoms with Crippen LogP contribution in [0.4, 0.5) is 4.39 Å². The number of nitrogens with zero attached hydrogens (tertiary/aromatic N) is 1. The number of aromatic nitrogens is 1. The number of benzene rings is 1. The summed E-state index contributed by atoms with van der Waals surface area (Å²) in [6.45, 7) is 1.93. The average Bonchev–Trinajstić information content (AvgIpc) is 2.68. The van der Waals surface area contributed by atoms with E-state index in [1.54, 1.807) is 17.4 Å². The fraction of sp³-hybridized carbons (Fsp3) is 0.308. The highest BCUT2D eigenvalue weighted by Gasteiger charge is 2.11. The summed E-state index contributed by atoms with van der Waals surface area (Å²) in [5.74, 6) is -0.282. The van der Waals surface area contributed by atoms with Crippen LogP contribution in [0, 0.1) is 12.7 Å². The van der Waals surface area contributed by atoms with Crippen molar-refractivity contribution in [3.63, 3.8) is 0 Å². The van der Waals surface area contributed by atoms with Crippen molar-refractivity contribution >= 4 is 27.3 Å².